The van der Waals surface area contributed by atoms with Crippen LogP contribution in [0.1, 0.15) is 11.1 Å². The smallest absolute Gasteiger partial charge is 0.411 e. The minimum Gasteiger partial charge on any atom is -0.508 e. The highest BCUT2D eigenvalue weighted by molar-refractivity contribution is 5.65. The zero-order chi connectivity index (χ0) is 21.4. The van der Waals surface area contributed by atoms with Crippen molar-refractivity contribution in [2.45, 2.75) is 17.8 Å². The number of halogens is 6. The van der Waals surface area contributed by atoms with Crippen LogP contribution in [0.25, 0.3) is 11.1 Å². The van der Waals surface area contributed by atoms with E-state index in [4.69, 9.17) is 0 Å². The lowest BCUT2D eigenvalue weighted by atomic mass is 9.72. The molecule has 0 aliphatic rings. The predicted octanol–water partition coefficient (Wildman–Crippen LogP) is 6.18. The van der Waals surface area contributed by atoms with E-state index < -0.39 is 34.6 Å². The number of hydrogen-bond donors (Lipinski definition) is 2. The summed E-state index contributed by atoms with van der Waals surface area (Å²) >= 11 is 0. The maximum atomic E-state index is 14.0. The van der Waals surface area contributed by atoms with Gasteiger partial charge in [-0.2, -0.15) is 26.3 Å². The van der Waals surface area contributed by atoms with E-state index in [2.05, 4.69) is 0 Å². The molecule has 0 spiro atoms. The van der Waals surface area contributed by atoms with E-state index in [1.54, 1.807) is 0 Å². The van der Waals surface area contributed by atoms with Crippen molar-refractivity contribution in [3.63, 3.8) is 0 Å². The fourth-order valence-electron chi connectivity index (χ4n) is 3.26. The van der Waals surface area contributed by atoms with Gasteiger partial charge in [0.2, 0.25) is 5.41 Å². The topological polar surface area (TPSA) is 40.5 Å². The highest BCUT2D eigenvalue weighted by Crippen LogP contribution is 2.56. The van der Waals surface area contributed by atoms with Gasteiger partial charge < -0.3 is 10.2 Å². The third kappa shape index (κ3) is 3.50. The van der Waals surface area contributed by atoms with Gasteiger partial charge in [-0.25, -0.2) is 0 Å². The van der Waals surface area contributed by atoms with Crippen LogP contribution in [0.5, 0.6) is 11.5 Å². The Labute approximate surface area is 161 Å². The van der Waals surface area contributed by atoms with Gasteiger partial charge in [0, 0.05) is 0 Å². The molecular weight excluding hydrogens is 398 g/mol. The third-order valence-corrected chi connectivity index (χ3v) is 4.67. The van der Waals surface area contributed by atoms with Gasteiger partial charge in [-0.15, -0.1) is 0 Å². The fraction of sp³-hybridized carbons (Fsp3) is 0.143. The lowest BCUT2D eigenvalue weighted by Crippen LogP contribution is -2.54. The number of rotatable bonds is 3. The molecule has 2 N–H and O–H groups in total. The average molecular weight is 412 g/mol. The molecule has 0 aliphatic heterocycles. The van der Waals surface area contributed by atoms with Crippen molar-refractivity contribution >= 4 is 0 Å². The van der Waals surface area contributed by atoms with Crippen molar-refractivity contribution in [1.29, 1.82) is 0 Å². The van der Waals surface area contributed by atoms with Crippen molar-refractivity contribution in [2.75, 3.05) is 0 Å². The Morgan fingerprint density at radius 2 is 0.724 bits per heavy atom. The highest BCUT2D eigenvalue weighted by atomic mass is 19.4. The zero-order valence-electron chi connectivity index (χ0n) is 14.6. The SMILES string of the molecule is Oc1ccc(-c2ccc(C(c3ccc(O)cc3)(C(F)(F)F)C(F)(F)F)cc2)cc1. The van der Waals surface area contributed by atoms with E-state index in [9.17, 15) is 36.6 Å². The standard InChI is InChI=1S/C21H14F6O2/c22-20(23,24)19(21(25,26)27,16-7-11-18(29)12-8-16)15-5-1-13(2-6-15)14-3-9-17(28)10-4-14/h1-12,28-29H. The minimum atomic E-state index is -5.69. The summed E-state index contributed by atoms with van der Waals surface area (Å²) in [6, 6.07) is 12.4. The lowest BCUT2D eigenvalue weighted by Gasteiger charge is -2.38. The van der Waals surface area contributed by atoms with E-state index in [1.807, 2.05) is 0 Å². The largest absolute Gasteiger partial charge is 0.508 e. The maximum absolute atomic E-state index is 14.0. The highest BCUT2D eigenvalue weighted by Gasteiger charge is 2.72. The first-order chi connectivity index (χ1) is 13.5. The Balaban J connectivity index is 2.21. The van der Waals surface area contributed by atoms with Crippen molar-refractivity contribution < 1.29 is 36.6 Å². The average Bonchev–Trinajstić information content (AvgIpc) is 2.63. The van der Waals surface area contributed by atoms with E-state index in [0.717, 1.165) is 36.4 Å². The molecule has 29 heavy (non-hydrogen) atoms. The van der Waals surface area contributed by atoms with Gasteiger partial charge in [0.15, 0.2) is 0 Å². The first-order valence-electron chi connectivity index (χ1n) is 8.30. The van der Waals surface area contributed by atoms with Crippen molar-refractivity contribution in [3.8, 4) is 22.6 Å². The molecule has 3 aromatic carbocycles. The molecular formula is C21H14F6O2. The van der Waals surface area contributed by atoms with E-state index >= 15 is 0 Å². The summed E-state index contributed by atoms with van der Waals surface area (Å²) in [5, 5.41) is 18.6. The molecule has 0 aliphatic carbocycles. The molecule has 0 aromatic heterocycles. The number of phenols is 2. The summed E-state index contributed by atoms with van der Waals surface area (Å²) in [6.07, 6.45) is -11.4. The Morgan fingerprint density at radius 1 is 0.448 bits per heavy atom. The summed E-state index contributed by atoms with van der Waals surface area (Å²) in [4.78, 5) is 0. The van der Waals surface area contributed by atoms with Crippen LogP contribution in [-0.2, 0) is 5.41 Å². The fourth-order valence-corrected chi connectivity index (χ4v) is 3.26. The van der Waals surface area contributed by atoms with Crippen LogP contribution in [0.4, 0.5) is 26.3 Å². The van der Waals surface area contributed by atoms with E-state index in [0.29, 0.717) is 23.3 Å². The second-order valence-corrected chi connectivity index (χ2v) is 6.42. The molecule has 0 amide bonds. The van der Waals surface area contributed by atoms with Crippen LogP contribution >= 0.6 is 0 Å². The van der Waals surface area contributed by atoms with Gasteiger partial charge in [0.1, 0.15) is 11.5 Å². The summed E-state index contributed by atoms with van der Waals surface area (Å²) in [7, 11) is 0. The number of alkyl halides is 6. The molecule has 0 fully saturated rings. The lowest BCUT2D eigenvalue weighted by molar-refractivity contribution is -0.288. The summed E-state index contributed by atoms with van der Waals surface area (Å²) in [5.41, 5.74) is -5.40. The normalized spacial score (nSPS) is 12.8. The number of aromatic hydroxyl groups is 2. The minimum absolute atomic E-state index is 0.0224. The van der Waals surface area contributed by atoms with Crippen LogP contribution in [0.15, 0.2) is 72.8 Å². The van der Waals surface area contributed by atoms with Crippen molar-refractivity contribution in [3.05, 3.63) is 83.9 Å². The molecule has 3 rings (SSSR count). The van der Waals surface area contributed by atoms with Gasteiger partial charge in [-0.3, -0.25) is 0 Å². The van der Waals surface area contributed by atoms with Crippen molar-refractivity contribution in [2.24, 2.45) is 0 Å². The molecule has 0 atom stereocenters. The number of benzene rings is 3. The molecule has 0 unspecified atom stereocenters. The number of phenolic OH excluding ortho intramolecular Hbond substituents is 2. The van der Waals surface area contributed by atoms with Crippen molar-refractivity contribution in [1.82, 2.24) is 0 Å². The van der Waals surface area contributed by atoms with Crippen LogP contribution in [-0.4, -0.2) is 22.6 Å². The van der Waals surface area contributed by atoms with Gasteiger partial charge in [-0.05, 0) is 46.5 Å². The second-order valence-electron chi connectivity index (χ2n) is 6.42. The van der Waals surface area contributed by atoms with Crippen LogP contribution in [0.2, 0.25) is 0 Å². The molecule has 0 radical (unpaired) electrons. The van der Waals surface area contributed by atoms with E-state index in [1.165, 1.54) is 24.3 Å². The van der Waals surface area contributed by atoms with Gasteiger partial charge in [0.05, 0.1) is 0 Å². The molecule has 2 nitrogen and oxygen atoms in total. The predicted molar refractivity (Wildman–Crippen MR) is 94.5 cm³/mol. The molecule has 152 valence electrons. The van der Waals surface area contributed by atoms with Crippen LogP contribution in [0.3, 0.4) is 0 Å². The monoisotopic (exact) mass is 412 g/mol. The molecule has 0 saturated heterocycles. The summed E-state index contributed by atoms with van der Waals surface area (Å²) in [6.45, 7) is 0. The van der Waals surface area contributed by atoms with Crippen LogP contribution in [0, 0.1) is 0 Å². The molecule has 3 aromatic rings. The Bertz CT molecular complexity index is 958. The molecule has 0 heterocycles. The maximum Gasteiger partial charge on any atom is 0.411 e. The molecule has 0 saturated carbocycles. The Hall–Kier alpha value is -3.16. The van der Waals surface area contributed by atoms with Crippen LogP contribution < -0.4 is 0 Å². The second kappa shape index (κ2) is 7.02. The third-order valence-electron chi connectivity index (χ3n) is 4.67. The first kappa shape index (κ1) is 20.6. The molecule has 0 bridgehead atoms. The van der Waals surface area contributed by atoms with Gasteiger partial charge in [0.25, 0.3) is 0 Å². The first-order valence-corrected chi connectivity index (χ1v) is 8.30. The summed E-state index contributed by atoms with van der Waals surface area (Å²) in [5.74, 6) is -0.472. The van der Waals surface area contributed by atoms with Gasteiger partial charge >= 0.3 is 12.4 Å². The Kier molecular flexibility index (Phi) is 4.98. The summed E-state index contributed by atoms with van der Waals surface area (Å²) < 4.78 is 84.0. The van der Waals surface area contributed by atoms with E-state index in [-0.39, 0.29) is 5.75 Å². The molecule has 8 heteroatoms. The quantitative estimate of drug-likeness (QED) is 0.505. The number of hydrogen-bond acceptors (Lipinski definition) is 2. The Morgan fingerprint density at radius 3 is 1.07 bits per heavy atom. The van der Waals surface area contributed by atoms with Gasteiger partial charge in [-0.1, -0.05) is 48.5 Å². The zero-order valence-corrected chi connectivity index (χ0v) is 14.6.